The summed E-state index contributed by atoms with van der Waals surface area (Å²) in [6, 6.07) is 8.99. The first-order chi connectivity index (χ1) is 11.2. The second-order valence-corrected chi connectivity index (χ2v) is 6.19. The Labute approximate surface area is 139 Å². The Morgan fingerprint density at radius 1 is 1.30 bits per heavy atom. The van der Waals surface area contributed by atoms with E-state index in [1.165, 1.54) is 22.2 Å². The van der Waals surface area contributed by atoms with Crippen LogP contribution in [0.3, 0.4) is 0 Å². The fraction of sp³-hybridized carbons (Fsp3) is 0.0667. The summed E-state index contributed by atoms with van der Waals surface area (Å²) in [5.74, 6) is 0.764. The summed E-state index contributed by atoms with van der Waals surface area (Å²) in [7, 11) is 0. The molecule has 114 valence electrons. The fourth-order valence-electron chi connectivity index (χ4n) is 2.20. The van der Waals surface area contributed by atoms with Crippen LogP contribution in [0.5, 0.6) is 0 Å². The van der Waals surface area contributed by atoms with Gasteiger partial charge < -0.3 is 4.52 Å². The molecule has 0 saturated heterocycles. The van der Waals surface area contributed by atoms with Crippen LogP contribution in [-0.4, -0.2) is 19.7 Å². The van der Waals surface area contributed by atoms with Crippen molar-refractivity contribution in [2.45, 2.75) is 6.54 Å². The standard InChI is InChI=1S/C15H9ClN4O2S/c16-10-3-1-2-9(6-10)14-18-12(22-19-14)7-20-8-17-11-4-5-23-13(11)15(20)21/h1-6,8H,7H2. The monoisotopic (exact) mass is 344 g/mol. The lowest BCUT2D eigenvalue weighted by atomic mass is 10.2. The van der Waals surface area contributed by atoms with Gasteiger partial charge in [-0.3, -0.25) is 9.36 Å². The van der Waals surface area contributed by atoms with Crippen molar-refractivity contribution in [3.8, 4) is 11.4 Å². The van der Waals surface area contributed by atoms with E-state index in [2.05, 4.69) is 15.1 Å². The number of thiophene rings is 1. The van der Waals surface area contributed by atoms with E-state index in [0.717, 1.165) is 5.56 Å². The van der Waals surface area contributed by atoms with E-state index >= 15 is 0 Å². The van der Waals surface area contributed by atoms with Crippen LogP contribution in [0.1, 0.15) is 5.89 Å². The minimum absolute atomic E-state index is 0.118. The third-order valence-electron chi connectivity index (χ3n) is 3.29. The van der Waals surface area contributed by atoms with Gasteiger partial charge in [0.2, 0.25) is 11.7 Å². The van der Waals surface area contributed by atoms with Gasteiger partial charge in [0.15, 0.2) is 0 Å². The van der Waals surface area contributed by atoms with Crippen molar-refractivity contribution in [1.29, 1.82) is 0 Å². The maximum atomic E-state index is 12.3. The lowest BCUT2D eigenvalue weighted by molar-refractivity contribution is 0.369. The third-order valence-corrected chi connectivity index (χ3v) is 4.42. The molecule has 0 aliphatic carbocycles. The minimum Gasteiger partial charge on any atom is -0.337 e. The zero-order valence-electron chi connectivity index (χ0n) is 11.6. The molecule has 4 rings (SSSR count). The maximum absolute atomic E-state index is 12.3. The average Bonchev–Trinajstić information content (AvgIpc) is 3.20. The number of fused-ring (bicyclic) bond motifs is 1. The van der Waals surface area contributed by atoms with Crippen LogP contribution in [0.4, 0.5) is 0 Å². The second-order valence-electron chi connectivity index (χ2n) is 4.83. The third kappa shape index (κ3) is 2.64. The van der Waals surface area contributed by atoms with Gasteiger partial charge in [-0.05, 0) is 23.6 Å². The molecular weight excluding hydrogens is 336 g/mol. The zero-order chi connectivity index (χ0) is 15.8. The molecular formula is C15H9ClN4O2S. The van der Waals surface area contributed by atoms with E-state index in [9.17, 15) is 4.79 Å². The Balaban J connectivity index is 1.66. The van der Waals surface area contributed by atoms with Crippen molar-refractivity contribution in [2.24, 2.45) is 0 Å². The summed E-state index contributed by atoms with van der Waals surface area (Å²) < 4.78 is 7.29. The first kappa shape index (κ1) is 14.1. The molecule has 0 saturated carbocycles. The summed E-state index contributed by atoms with van der Waals surface area (Å²) >= 11 is 7.32. The molecule has 0 radical (unpaired) electrons. The Morgan fingerprint density at radius 2 is 2.22 bits per heavy atom. The topological polar surface area (TPSA) is 73.8 Å². The van der Waals surface area contributed by atoms with E-state index in [1.54, 1.807) is 12.1 Å². The predicted molar refractivity (Wildman–Crippen MR) is 87.7 cm³/mol. The Bertz CT molecular complexity index is 1050. The number of hydrogen-bond acceptors (Lipinski definition) is 6. The predicted octanol–water partition coefficient (Wildman–Crippen LogP) is 3.21. The Morgan fingerprint density at radius 3 is 3.09 bits per heavy atom. The highest BCUT2D eigenvalue weighted by atomic mass is 35.5. The van der Waals surface area contributed by atoms with E-state index in [1.807, 2.05) is 23.6 Å². The van der Waals surface area contributed by atoms with Crippen LogP contribution in [-0.2, 0) is 6.54 Å². The quantitative estimate of drug-likeness (QED) is 0.570. The first-order valence-corrected chi connectivity index (χ1v) is 7.97. The molecule has 3 heterocycles. The summed E-state index contributed by atoms with van der Waals surface area (Å²) in [6.07, 6.45) is 1.49. The van der Waals surface area contributed by atoms with Gasteiger partial charge >= 0.3 is 0 Å². The second kappa shape index (κ2) is 5.60. The first-order valence-electron chi connectivity index (χ1n) is 6.72. The Hall–Kier alpha value is -2.51. The van der Waals surface area contributed by atoms with Gasteiger partial charge in [-0.15, -0.1) is 11.3 Å². The molecule has 0 unspecified atom stereocenters. The summed E-state index contributed by atoms with van der Waals surface area (Å²) in [5.41, 5.74) is 1.33. The number of hydrogen-bond donors (Lipinski definition) is 0. The zero-order valence-corrected chi connectivity index (χ0v) is 13.2. The number of halogens is 1. The molecule has 0 aliphatic heterocycles. The molecule has 3 aromatic heterocycles. The number of aromatic nitrogens is 4. The lowest BCUT2D eigenvalue weighted by Gasteiger charge is -2.00. The summed E-state index contributed by atoms with van der Waals surface area (Å²) in [4.78, 5) is 20.9. The van der Waals surface area contributed by atoms with E-state index in [-0.39, 0.29) is 12.1 Å². The molecule has 8 heteroatoms. The van der Waals surface area contributed by atoms with Gasteiger partial charge in [0.25, 0.3) is 5.56 Å². The van der Waals surface area contributed by atoms with Crippen molar-refractivity contribution < 1.29 is 4.52 Å². The van der Waals surface area contributed by atoms with Crippen LogP contribution >= 0.6 is 22.9 Å². The normalized spacial score (nSPS) is 11.2. The molecule has 0 atom stereocenters. The van der Waals surface area contributed by atoms with Crippen LogP contribution in [0.2, 0.25) is 5.02 Å². The van der Waals surface area contributed by atoms with Crippen LogP contribution in [0.25, 0.3) is 21.6 Å². The molecule has 0 bridgehead atoms. The van der Waals surface area contributed by atoms with Crippen molar-refractivity contribution in [3.05, 3.63) is 63.3 Å². The van der Waals surface area contributed by atoms with Gasteiger partial charge in [0.1, 0.15) is 11.2 Å². The molecule has 1 aromatic carbocycles. The van der Waals surface area contributed by atoms with Gasteiger partial charge in [0, 0.05) is 10.6 Å². The highest BCUT2D eigenvalue weighted by Crippen LogP contribution is 2.20. The molecule has 0 aliphatic rings. The highest BCUT2D eigenvalue weighted by molar-refractivity contribution is 7.17. The van der Waals surface area contributed by atoms with Gasteiger partial charge in [0.05, 0.1) is 11.8 Å². The largest absolute Gasteiger partial charge is 0.337 e. The van der Waals surface area contributed by atoms with E-state index < -0.39 is 0 Å². The highest BCUT2D eigenvalue weighted by Gasteiger charge is 2.12. The lowest BCUT2D eigenvalue weighted by Crippen LogP contribution is -2.20. The van der Waals surface area contributed by atoms with E-state index in [4.69, 9.17) is 16.1 Å². The van der Waals surface area contributed by atoms with E-state index in [0.29, 0.717) is 27.0 Å². The molecule has 0 N–H and O–H groups in total. The maximum Gasteiger partial charge on any atom is 0.271 e. The molecule has 4 aromatic rings. The van der Waals surface area contributed by atoms with Crippen LogP contribution in [0.15, 0.2) is 51.4 Å². The van der Waals surface area contributed by atoms with Crippen molar-refractivity contribution in [2.75, 3.05) is 0 Å². The smallest absolute Gasteiger partial charge is 0.271 e. The minimum atomic E-state index is -0.118. The van der Waals surface area contributed by atoms with Crippen LogP contribution < -0.4 is 5.56 Å². The summed E-state index contributed by atoms with van der Waals surface area (Å²) in [6.45, 7) is 0.174. The number of nitrogens with zero attached hydrogens (tertiary/aromatic N) is 4. The summed E-state index contributed by atoms with van der Waals surface area (Å²) in [5, 5.41) is 6.36. The van der Waals surface area contributed by atoms with Crippen LogP contribution in [0, 0.1) is 0 Å². The molecule has 0 spiro atoms. The van der Waals surface area contributed by atoms with Crippen molar-refractivity contribution in [1.82, 2.24) is 19.7 Å². The number of benzene rings is 1. The molecule has 6 nitrogen and oxygen atoms in total. The molecule has 23 heavy (non-hydrogen) atoms. The Kier molecular flexibility index (Phi) is 3.44. The average molecular weight is 345 g/mol. The molecule has 0 amide bonds. The van der Waals surface area contributed by atoms with Gasteiger partial charge in [-0.1, -0.05) is 28.9 Å². The SMILES string of the molecule is O=c1c2sccc2ncn1Cc1nc(-c2cccc(Cl)c2)no1. The fourth-order valence-corrected chi connectivity index (χ4v) is 3.18. The van der Waals surface area contributed by atoms with Crippen molar-refractivity contribution >= 4 is 33.2 Å². The molecule has 0 fully saturated rings. The van der Waals surface area contributed by atoms with Gasteiger partial charge in [-0.2, -0.15) is 4.98 Å². The number of rotatable bonds is 3. The van der Waals surface area contributed by atoms with Crippen molar-refractivity contribution in [3.63, 3.8) is 0 Å². The van der Waals surface area contributed by atoms with Gasteiger partial charge in [-0.25, -0.2) is 4.98 Å².